The fourth-order valence-corrected chi connectivity index (χ4v) is 3.49. The zero-order chi connectivity index (χ0) is 21.7. The molecule has 3 rings (SSSR count). The third-order valence-electron chi connectivity index (χ3n) is 4.52. The predicted molar refractivity (Wildman–Crippen MR) is 117 cm³/mol. The van der Waals surface area contributed by atoms with Gasteiger partial charge in [0, 0.05) is 11.3 Å². The number of carbonyl (C=O) groups excluding carboxylic acids is 2. The quantitative estimate of drug-likeness (QED) is 0.559. The molecule has 1 aromatic heterocycles. The number of hydrogen-bond donors (Lipinski definition) is 2. The maximum atomic E-state index is 12.4. The van der Waals surface area contributed by atoms with Crippen LogP contribution in [0.5, 0.6) is 0 Å². The van der Waals surface area contributed by atoms with E-state index in [0.29, 0.717) is 11.1 Å². The van der Waals surface area contributed by atoms with Gasteiger partial charge in [-0.2, -0.15) is 0 Å². The molecule has 0 saturated heterocycles. The molecule has 156 valence electrons. The van der Waals surface area contributed by atoms with Crippen molar-refractivity contribution in [3.8, 4) is 11.5 Å². The largest absolute Gasteiger partial charge is 0.411 e. The molecule has 0 fully saturated rings. The van der Waals surface area contributed by atoms with Crippen LogP contribution in [-0.4, -0.2) is 33.8 Å². The van der Waals surface area contributed by atoms with Crippen molar-refractivity contribution in [3.63, 3.8) is 0 Å². The van der Waals surface area contributed by atoms with E-state index in [2.05, 4.69) is 20.8 Å². The molecule has 7 nitrogen and oxygen atoms in total. The third-order valence-corrected chi connectivity index (χ3v) is 5.45. The molecule has 0 spiro atoms. The van der Waals surface area contributed by atoms with Crippen molar-refractivity contribution < 1.29 is 14.0 Å². The fourth-order valence-electron chi connectivity index (χ4n) is 2.78. The van der Waals surface area contributed by atoms with Crippen LogP contribution in [0.1, 0.15) is 23.6 Å². The van der Waals surface area contributed by atoms with Gasteiger partial charge in [0.2, 0.25) is 17.7 Å². The third kappa shape index (κ3) is 5.48. The standard InChI is InChI=1S/C22H24N4O3S/c1-13-8-10-17(11-9-13)21-25-26-22(29-21)30-16(4)20(28)23-12-18(27)24-19-14(2)6-5-7-15(19)3/h5-11,16H,12H2,1-4H3,(H,23,28)(H,24,27). The van der Waals surface area contributed by atoms with Gasteiger partial charge in [0.05, 0.1) is 11.8 Å². The second kappa shape index (κ2) is 9.58. The lowest BCUT2D eigenvalue weighted by Crippen LogP contribution is -2.37. The summed E-state index contributed by atoms with van der Waals surface area (Å²) in [7, 11) is 0. The molecule has 2 amide bonds. The lowest BCUT2D eigenvalue weighted by atomic mass is 10.1. The Morgan fingerprint density at radius 1 is 1.03 bits per heavy atom. The number of hydrogen-bond acceptors (Lipinski definition) is 6. The molecule has 0 radical (unpaired) electrons. The summed E-state index contributed by atoms with van der Waals surface area (Å²) >= 11 is 1.15. The molecule has 0 aliphatic rings. The van der Waals surface area contributed by atoms with E-state index in [1.807, 2.05) is 63.2 Å². The minimum atomic E-state index is -0.496. The predicted octanol–water partition coefficient (Wildman–Crippen LogP) is 3.90. The maximum Gasteiger partial charge on any atom is 0.277 e. The summed E-state index contributed by atoms with van der Waals surface area (Å²) in [5.41, 5.74) is 4.67. The number of nitrogens with one attached hydrogen (secondary N) is 2. The minimum absolute atomic E-state index is 0.115. The van der Waals surface area contributed by atoms with Gasteiger partial charge >= 0.3 is 0 Å². The zero-order valence-corrected chi connectivity index (χ0v) is 18.2. The number of aryl methyl sites for hydroxylation is 3. The Labute approximate surface area is 179 Å². The molecule has 30 heavy (non-hydrogen) atoms. The van der Waals surface area contributed by atoms with Gasteiger partial charge in [0.25, 0.3) is 5.22 Å². The van der Waals surface area contributed by atoms with Crippen molar-refractivity contribution in [2.75, 3.05) is 11.9 Å². The molecule has 0 aliphatic carbocycles. The molecule has 2 N–H and O–H groups in total. The molecule has 1 heterocycles. The SMILES string of the molecule is Cc1ccc(-c2nnc(SC(C)C(=O)NCC(=O)Nc3c(C)cccc3C)o2)cc1. The van der Waals surface area contributed by atoms with E-state index in [0.717, 1.165) is 39.7 Å². The van der Waals surface area contributed by atoms with E-state index in [-0.39, 0.29) is 18.4 Å². The molecule has 0 aliphatic heterocycles. The van der Waals surface area contributed by atoms with Crippen LogP contribution in [0.15, 0.2) is 52.1 Å². The molecular formula is C22H24N4O3S. The van der Waals surface area contributed by atoms with E-state index >= 15 is 0 Å². The van der Waals surface area contributed by atoms with Crippen LogP contribution in [0, 0.1) is 20.8 Å². The summed E-state index contributed by atoms with van der Waals surface area (Å²) < 4.78 is 5.64. The Bertz CT molecular complexity index is 1030. The van der Waals surface area contributed by atoms with Gasteiger partial charge in [-0.25, -0.2) is 0 Å². The molecular weight excluding hydrogens is 400 g/mol. The number of anilines is 1. The van der Waals surface area contributed by atoms with Crippen LogP contribution in [0.3, 0.4) is 0 Å². The summed E-state index contributed by atoms with van der Waals surface area (Å²) in [6, 6.07) is 13.5. The number of thioether (sulfide) groups is 1. The first-order chi connectivity index (χ1) is 14.3. The van der Waals surface area contributed by atoms with Crippen LogP contribution < -0.4 is 10.6 Å². The lowest BCUT2D eigenvalue weighted by molar-refractivity contribution is -0.123. The Kier molecular flexibility index (Phi) is 6.89. The second-order valence-electron chi connectivity index (χ2n) is 7.03. The van der Waals surface area contributed by atoms with Crippen LogP contribution >= 0.6 is 11.8 Å². The number of rotatable bonds is 7. The highest BCUT2D eigenvalue weighted by atomic mass is 32.2. The van der Waals surface area contributed by atoms with Crippen molar-refractivity contribution in [3.05, 3.63) is 59.2 Å². The molecule has 2 aromatic carbocycles. The van der Waals surface area contributed by atoms with E-state index in [9.17, 15) is 9.59 Å². The molecule has 1 unspecified atom stereocenters. The summed E-state index contributed by atoms with van der Waals surface area (Å²) in [4.78, 5) is 24.6. The van der Waals surface area contributed by atoms with Crippen LogP contribution in [0.25, 0.3) is 11.5 Å². The fraction of sp³-hybridized carbons (Fsp3) is 0.273. The normalized spacial score (nSPS) is 11.7. The molecule has 0 bridgehead atoms. The Hall–Kier alpha value is -3.13. The van der Waals surface area contributed by atoms with Crippen molar-refractivity contribution in [1.29, 1.82) is 0 Å². The van der Waals surface area contributed by atoms with Gasteiger partial charge in [-0.05, 0) is 51.0 Å². The van der Waals surface area contributed by atoms with Gasteiger partial charge in [0.1, 0.15) is 0 Å². The van der Waals surface area contributed by atoms with Crippen molar-refractivity contribution in [2.45, 2.75) is 38.2 Å². The highest BCUT2D eigenvalue weighted by Crippen LogP contribution is 2.26. The summed E-state index contributed by atoms with van der Waals surface area (Å²) in [6.07, 6.45) is 0. The van der Waals surface area contributed by atoms with E-state index in [1.54, 1.807) is 6.92 Å². The van der Waals surface area contributed by atoms with Crippen LogP contribution in [0.2, 0.25) is 0 Å². The molecule has 0 saturated carbocycles. The number of carbonyl (C=O) groups is 2. The summed E-state index contributed by atoms with van der Waals surface area (Å²) in [6.45, 7) is 7.46. The Morgan fingerprint density at radius 3 is 2.37 bits per heavy atom. The van der Waals surface area contributed by atoms with Crippen molar-refractivity contribution in [2.24, 2.45) is 0 Å². The van der Waals surface area contributed by atoms with Gasteiger partial charge in [0.15, 0.2) is 0 Å². The van der Waals surface area contributed by atoms with Crippen molar-refractivity contribution >= 4 is 29.3 Å². The number of amides is 2. The van der Waals surface area contributed by atoms with E-state index in [1.165, 1.54) is 0 Å². The van der Waals surface area contributed by atoms with E-state index in [4.69, 9.17) is 4.42 Å². The van der Waals surface area contributed by atoms with Gasteiger partial charge < -0.3 is 15.1 Å². The second-order valence-corrected chi connectivity index (χ2v) is 8.32. The van der Waals surface area contributed by atoms with Gasteiger partial charge in [-0.3, -0.25) is 9.59 Å². The average molecular weight is 425 g/mol. The maximum absolute atomic E-state index is 12.4. The number of benzene rings is 2. The monoisotopic (exact) mass is 424 g/mol. The molecule has 1 atom stereocenters. The first-order valence-corrected chi connectivity index (χ1v) is 10.4. The summed E-state index contributed by atoms with van der Waals surface area (Å²) in [5.74, 6) is -0.165. The molecule has 8 heteroatoms. The number of para-hydroxylation sites is 1. The Morgan fingerprint density at radius 2 is 1.70 bits per heavy atom. The van der Waals surface area contributed by atoms with Gasteiger partial charge in [-0.1, -0.05) is 47.7 Å². The number of aromatic nitrogens is 2. The minimum Gasteiger partial charge on any atom is -0.411 e. The van der Waals surface area contributed by atoms with Gasteiger partial charge in [-0.15, -0.1) is 10.2 Å². The topological polar surface area (TPSA) is 97.1 Å². The Balaban J connectivity index is 1.51. The average Bonchev–Trinajstić information content (AvgIpc) is 3.18. The van der Waals surface area contributed by atoms with Crippen LogP contribution in [-0.2, 0) is 9.59 Å². The lowest BCUT2D eigenvalue weighted by Gasteiger charge is -2.13. The first kappa shape index (κ1) is 21.6. The van der Waals surface area contributed by atoms with Crippen molar-refractivity contribution in [1.82, 2.24) is 15.5 Å². The highest BCUT2D eigenvalue weighted by Gasteiger charge is 2.19. The smallest absolute Gasteiger partial charge is 0.277 e. The number of nitrogens with zero attached hydrogens (tertiary/aromatic N) is 2. The molecule has 3 aromatic rings. The highest BCUT2D eigenvalue weighted by molar-refractivity contribution is 8.00. The van der Waals surface area contributed by atoms with E-state index < -0.39 is 5.25 Å². The summed E-state index contributed by atoms with van der Waals surface area (Å²) in [5, 5.41) is 13.3. The first-order valence-electron chi connectivity index (χ1n) is 9.54. The van der Waals surface area contributed by atoms with Crippen LogP contribution in [0.4, 0.5) is 5.69 Å². The zero-order valence-electron chi connectivity index (χ0n) is 17.4.